The first kappa shape index (κ1) is 34.3. The number of allylic oxidation sites excluding steroid dienone is 2. The summed E-state index contributed by atoms with van der Waals surface area (Å²) >= 11 is 3.07. The van der Waals surface area contributed by atoms with Gasteiger partial charge in [0.15, 0.2) is 0 Å². The molecule has 8 rings (SSSR count). The van der Waals surface area contributed by atoms with Gasteiger partial charge in [-0.2, -0.15) is 10.5 Å². The van der Waals surface area contributed by atoms with Crippen LogP contribution < -0.4 is 20.2 Å². The van der Waals surface area contributed by atoms with Gasteiger partial charge in [0, 0.05) is 10.8 Å². The van der Waals surface area contributed by atoms with Crippen molar-refractivity contribution in [2.75, 3.05) is 0 Å². The Morgan fingerprint density at radius 1 is 0.774 bits per heavy atom. The standard InChI is InChI=1S/C43H36N6O2S2/c1-24(2)50-28-17-13-26(14-18-28)37-35-36(40(49-37)31(23-45)42-47-34-12-8-9-21-43(34,5)53-42)38(27-15-19-29(20-16-27)51-25(3)4)48-39(35)30(22-44)41-46-32-10-6-7-11-33(32)52-41/h6-21,24-25,34,48-49H,1-5H3. The Morgan fingerprint density at radius 3 is 1.87 bits per heavy atom. The lowest BCUT2D eigenvalue weighted by molar-refractivity contribution is 0.242. The summed E-state index contributed by atoms with van der Waals surface area (Å²) in [5, 5.41) is 26.0. The minimum absolute atomic E-state index is 0.0233. The zero-order valence-electron chi connectivity index (χ0n) is 29.9. The molecular formula is C43H36N6O2S2. The lowest BCUT2D eigenvalue weighted by Gasteiger charge is -2.25. The molecule has 0 spiro atoms. The Kier molecular flexibility index (Phi) is 8.82. The number of benzene rings is 3. The molecule has 2 aliphatic rings. The van der Waals surface area contributed by atoms with Crippen LogP contribution in [-0.2, 0) is 0 Å². The van der Waals surface area contributed by atoms with Crippen molar-refractivity contribution in [2.24, 2.45) is 4.99 Å². The number of fused-ring (bicyclic) bond motifs is 3. The number of aliphatic imine (C=N–C) groups is 1. The highest BCUT2D eigenvalue weighted by Gasteiger charge is 2.40. The van der Waals surface area contributed by atoms with Crippen LogP contribution in [0.5, 0.6) is 11.5 Å². The van der Waals surface area contributed by atoms with Gasteiger partial charge < -0.3 is 19.4 Å². The molecule has 3 aromatic heterocycles. The smallest absolute Gasteiger partial charge is 0.137 e. The Balaban J connectivity index is 1.49. The van der Waals surface area contributed by atoms with E-state index in [1.165, 1.54) is 11.3 Å². The van der Waals surface area contributed by atoms with Crippen molar-refractivity contribution in [2.45, 2.75) is 57.6 Å². The summed E-state index contributed by atoms with van der Waals surface area (Å²) in [6.45, 7) is 10.1. The van der Waals surface area contributed by atoms with E-state index in [1.54, 1.807) is 11.8 Å². The third-order valence-corrected chi connectivity index (χ3v) is 11.6. The molecular weight excluding hydrogens is 697 g/mol. The molecule has 4 heterocycles. The molecule has 53 heavy (non-hydrogen) atoms. The number of nitrogens with zero attached hydrogens (tertiary/aromatic N) is 4. The van der Waals surface area contributed by atoms with Gasteiger partial charge in [0.25, 0.3) is 0 Å². The number of nitrogens with one attached hydrogen (secondary N) is 2. The van der Waals surface area contributed by atoms with Crippen molar-refractivity contribution in [3.8, 4) is 46.2 Å². The summed E-state index contributed by atoms with van der Waals surface area (Å²) in [4.78, 5) is 17.4. The Bertz CT molecular complexity index is 2610. The van der Waals surface area contributed by atoms with Crippen molar-refractivity contribution in [1.82, 2.24) is 15.0 Å². The Hall–Kier alpha value is -5.81. The number of H-pyrrole nitrogens is 2. The van der Waals surface area contributed by atoms with Gasteiger partial charge in [0.1, 0.15) is 44.8 Å². The fourth-order valence-corrected chi connectivity index (χ4v) is 9.05. The van der Waals surface area contributed by atoms with Crippen LogP contribution in [0, 0.1) is 22.7 Å². The summed E-state index contributed by atoms with van der Waals surface area (Å²) < 4.78 is 12.6. The molecule has 2 atom stereocenters. The van der Waals surface area contributed by atoms with Gasteiger partial charge in [-0.25, -0.2) is 4.98 Å². The molecule has 0 fully saturated rings. The maximum atomic E-state index is 11.0. The topological polar surface area (TPSA) is 123 Å². The second-order valence-corrected chi connectivity index (χ2v) is 16.3. The van der Waals surface area contributed by atoms with Crippen LogP contribution in [0.4, 0.5) is 0 Å². The first-order valence-electron chi connectivity index (χ1n) is 17.5. The van der Waals surface area contributed by atoms with Crippen LogP contribution >= 0.6 is 23.1 Å². The molecule has 262 valence electrons. The van der Waals surface area contributed by atoms with Gasteiger partial charge in [-0.3, -0.25) is 4.99 Å². The van der Waals surface area contributed by atoms with Gasteiger partial charge in [0.05, 0.1) is 55.3 Å². The molecule has 0 radical (unpaired) electrons. The van der Waals surface area contributed by atoms with Gasteiger partial charge in [-0.1, -0.05) is 48.2 Å². The maximum absolute atomic E-state index is 11.0. The highest BCUT2D eigenvalue weighted by molar-refractivity contribution is 8.16. The molecule has 3 aromatic carbocycles. The van der Waals surface area contributed by atoms with E-state index in [-0.39, 0.29) is 23.0 Å². The number of aromatic amines is 2. The van der Waals surface area contributed by atoms with E-state index in [4.69, 9.17) is 19.5 Å². The summed E-state index contributed by atoms with van der Waals surface area (Å²) in [5.74, 6) is 1.50. The van der Waals surface area contributed by atoms with E-state index in [2.05, 4.69) is 41.2 Å². The number of thioether (sulfide) groups is 1. The van der Waals surface area contributed by atoms with Crippen LogP contribution in [0.2, 0.25) is 0 Å². The highest BCUT2D eigenvalue weighted by Crippen LogP contribution is 2.44. The quantitative estimate of drug-likeness (QED) is 0.161. The van der Waals surface area contributed by atoms with Crippen molar-refractivity contribution < 1.29 is 9.47 Å². The molecule has 1 aliphatic carbocycles. The van der Waals surface area contributed by atoms with E-state index in [0.717, 1.165) is 55.0 Å². The average Bonchev–Trinajstić information content (AvgIpc) is 3.91. The third-order valence-electron chi connectivity index (χ3n) is 9.22. The predicted octanol–water partition coefficient (Wildman–Crippen LogP) is 8.81. The summed E-state index contributed by atoms with van der Waals surface area (Å²) in [7, 11) is 0. The minimum Gasteiger partial charge on any atom is -0.491 e. The molecule has 10 heteroatoms. The lowest BCUT2D eigenvalue weighted by Crippen LogP contribution is -2.28. The molecule has 0 bridgehead atoms. The fraction of sp³-hybridized carbons (Fsp3) is 0.209. The zero-order valence-corrected chi connectivity index (χ0v) is 31.5. The third kappa shape index (κ3) is 6.24. The van der Waals surface area contributed by atoms with Crippen LogP contribution in [0.3, 0.4) is 0 Å². The second kappa shape index (κ2) is 13.6. The van der Waals surface area contributed by atoms with Gasteiger partial charge in [-0.05, 0) is 106 Å². The summed E-state index contributed by atoms with van der Waals surface area (Å²) in [6.07, 6.45) is 8.32. The summed E-state index contributed by atoms with van der Waals surface area (Å²) in [6, 6.07) is 28.6. The molecule has 2 N–H and O–H groups in total. The molecule has 8 nitrogen and oxygen atoms in total. The van der Waals surface area contributed by atoms with Crippen LogP contribution in [-0.4, -0.2) is 43.0 Å². The largest absolute Gasteiger partial charge is 0.491 e. The van der Waals surface area contributed by atoms with Gasteiger partial charge in [-0.15, -0.1) is 11.3 Å². The number of para-hydroxylation sites is 1. The maximum Gasteiger partial charge on any atom is 0.137 e. The molecule has 1 aliphatic heterocycles. The predicted molar refractivity (Wildman–Crippen MR) is 217 cm³/mol. The average molecular weight is 733 g/mol. The molecule has 6 aromatic rings. The number of thiazole rings is 1. The highest BCUT2D eigenvalue weighted by atomic mass is 32.2. The van der Waals surface area contributed by atoms with Crippen LogP contribution in [0.1, 0.15) is 39.6 Å². The van der Waals surface area contributed by atoms with E-state index in [9.17, 15) is 10.5 Å². The number of hydrogen-bond acceptors (Lipinski definition) is 8. The number of nitriles is 2. The lowest BCUT2D eigenvalue weighted by atomic mass is 9.97. The van der Waals surface area contributed by atoms with Crippen molar-refractivity contribution in [3.05, 3.63) is 113 Å². The Labute approximate surface area is 315 Å². The number of ether oxygens (including phenoxy) is 2. The number of hydrogen-bond donors (Lipinski definition) is 2. The van der Waals surface area contributed by atoms with Crippen molar-refractivity contribution in [1.29, 1.82) is 10.5 Å². The first-order chi connectivity index (χ1) is 25.7. The fourth-order valence-electron chi connectivity index (χ4n) is 6.85. The van der Waals surface area contributed by atoms with E-state index in [0.29, 0.717) is 31.9 Å². The van der Waals surface area contributed by atoms with Crippen molar-refractivity contribution in [3.63, 3.8) is 0 Å². The van der Waals surface area contributed by atoms with E-state index in [1.807, 2.05) is 113 Å². The summed E-state index contributed by atoms with van der Waals surface area (Å²) in [5.41, 5.74) is 4.94. The first-order valence-corrected chi connectivity index (χ1v) is 19.1. The zero-order chi connectivity index (χ0) is 36.9. The van der Waals surface area contributed by atoms with E-state index >= 15 is 0 Å². The SMILES string of the molecule is CC(C)Oc1ccc(-c2[nH]c(=C(C#N)c3nc4ccccc4s3)c3c(-c4ccc(OC(C)C)cc4)[nH]c(=C(C#N)C4=NC5C=CC=CC5(C)S4)c23)cc1. The van der Waals surface area contributed by atoms with E-state index < -0.39 is 0 Å². The van der Waals surface area contributed by atoms with Gasteiger partial charge in [0.2, 0.25) is 0 Å². The molecule has 0 amide bonds. The van der Waals surface area contributed by atoms with Gasteiger partial charge >= 0.3 is 0 Å². The number of aromatic nitrogens is 3. The molecule has 2 unspecified atom stereocenters. The second-order valence-electron chi connectivity index (χ2n) is 13.8. The minimum atomic E-state index is -0.306. The van der Waals surface area contributed by atoms with Crippen LogP contribution in [0.15, 0.2) is 102 Å². The van der Waals surface area contributed by atoms with Crippen molar-refractivity contribution >= 4 is 60.3 Å². The molecule has 0 saturated heterocycles. The number of rotatable bonds is 8. The van der Waals surface area contributed by atoms with Crippen LogP contribution in [0.25, 0.3) is 54.7 Å². The Morgan fingerprint density at radius 2 is 1.34 bits per heavy atom. The normalized spacial score (nSPS) is 19.0. The monoisotopic (exact) mass is 732 g/mol. The molecule has 0 saturated carbocycles.